The van der Waals surface area contributed by atoms with E-state index in [1.54, 1.807) is 20.8 Å². The summed E-state index contributed by atoms with van der Waals surface area (Å²) in [6, 6.07) is -0.838. The lowest BCUT2D eigenvalue weighted by atomic mass is 10.2. The molecular weight excluding hydrogens is 278 g/mol. The van der Waals surface area contributed by atoms with Crippen LogP contribution in [-0.4, -0.2) is 35.0 Å². The first-order valence-corrected chi connectivity index (χ1v) is 6.68. The molecule has 120 valence electrons. The molecule has 0 spiro atoms. The smallest absolute Gasteiger partial charge is 0.326 e. The molecule has 21 heavy (non-hydrogen) atoms. The first kappa shape index (κ1) is 21.1. The number of esters is 2. The first-order chi connectivity index (χ1) is 9.81. The van der Waals surface area contributed by atoms with E-state index in [-0.39, 0.29) is 25.2 Å². The van der Waals surface area contributed by atoms with Crippen molar-refractivity contribution in [3.8, 4) is 0 Å². The van der Waals surface area contributed by atoms with E-state index in [4.69, 9.17) is 5.11 Å². The Hall–Kier alpha value is -2.18. The molecule has 0 fully saturated rings. The summed E-state index contributed by atoms with van der Waals surface area (Å²) in [6.45, 7) is 8.36. The topological polar surface area (TPSA) is 110 Å². The van der Waals surface area contributed by atoms with Crippen LogP contribution in [0.2, 0.25) is 0 Å². The highest BCUT2D eigenvalue weighted by molar-refractivity contribution is 5.85. The Morgan fingerprint density at radius 3 is 1.86 bits per heavy atom. The molecule has 0 rings (SSSR count). The average Bonchev–Trinajstić information content (AvgIpc) is 2.46. The van der Waals surface area contributed by atoms with Crippen molar-refractivity contribution in [2.75, 3.05) is 0 Å². The van der Waals surface area contributed by atoms with Gasteiger partial charge in [0.15, 0.2) is 0 Å². The molecular formula is C14H23NO6. The highest BCUT2D eigenvalue weighted by Gasteiger charge is 2.16. The molecule has 1 amide bonds. The Kier molecular flexibility index (Phi) is 12.9. The Morgan fingerprint density at radius 1 is 1.10 bits per heavy atom. The van der Waals surface area contributed by atoms with Gasteiger partial charge in [0, 0.05) is 19.3 Å². The van der Waals surface area contributed by atoms with Crippen molar-refractivity contribution in [1.82, 2.24) is 5.32 Å². The molecule has 7 nitrogen and oxygen atoms in total. The maximum absolute atomic E-state index is 10.8. The van der Waals surface area contributed by atoms with Crippen LogP contribution >= 0.6 is 0 Å². The number of hydrogen-bond acceptors (Lipinski definition) is 5. The van der Waals surface area contributed by atoms with Gasteiger partial charge in [0.2, 0.25) is 5.91 Å². The summed E-state index contributed by atoms with van der Waals surface area (Å²) in [4.78, 5) is 41.9. The third-order valence-corrected chi connectivity index (χ3v) is 2.16. The van der Waals surface area contributed by atoms with Gasteiger partial charge in [0.25, 0.3) is 0 Å². The fourth-order valence-corrected chi connectivity index (χ4v) is 0.956. The van der Waals surface area contributed by atoms with E-state index in [2.05, 4.69) is 16.6 Å². The fourth-order valence-electron chi connectivity index (χ4n) is 0.956. The molecule has 0 aliphatic carbocycles. The van der Waals surface area contributed by atoms with Gasteiger partial charge in [-0.2, -0.15) is 0 Å². The van der Waals surface area contributed by atoms with Crippen molar-refractivity contribution >= 4 is 23.8 Å². The minimum absolute atomic E-state index is 0.251. The van der Waals surface area contributed by atoms with Gasteiger partial charge in [-0.3, -0.25) is 14.4 Å². The molecule has 0 aromatic carbocycles. The van der Waals surface area contributed by atoms with E-state index in [1.807, 2.05) is 0 Å². The van der Waals surface area contributed by atoms with Crippen LogP contribution in [0.15, 0.2) is 12.7 Å². The predicted octanol–water partition coefficient (Wildman–Crippen LogP) is 1.42. The number of aliphatic carboxylic acids is 1. The number of nitrogens with one attached hydrogen (secondary N) is 1. The van der Waals surface area contributed by atoms with Crippen molar-refractivity contribution in [2.24, 2.45) is 0 Å². The van der Waals surface area contributed by atoms with Crippen LogP contribution < -0.4 is 5.32 Å². The highest BCUT2D eigenvalue weighted by atomic mass is 16.6. The third kappa shape index (κ3) is 12.6. The molecule has 0 heterocycles. The van der Waals surface area contributed by atoms with Gasteiger partial charge < -0.3 is 15.2 Å². The maximum Gasteiger partial charge on any atom is 0.326 e. The van der Waals surface area contributed by atoms with Crippen LogP contribution in [0.1, 0.15) is 46.5 Å². The van der Waals surface area contributed by atoms with E-state index in [9.17, 15) is 19.2 Å². The Labute approximate surface area is 124 Å². The average molecular weight is 301 g/mol. The Bertz CT molecular complexity index is 364. The predicted molar refractivity (Wildman–Crippen MR) is 76.4 cm³/mol. The summed E-state index contributed by atoms with van der Waals surface area (Å²) in [6.07, 6.45) is 2.52. The fraction of sp³-hybridized carbons (Fsp3) is 0.571. The molecule has 2 N–H and O–H groups in total. The van der Waals surface area contributed by atoms with Crippen LogP contribution in [-0.2, 0) is 23.9 Å². The van der Waals surface area contributed by atoms with Gasteiger partial charge in [-0.1, -0.05) is 26.8 Å². The lowest BCUT2D eigenvalue weighted by Crippen LogP contribution is -2.39. The van der Waals surface area contributed by atoms with Crippen LogP contribution in [0.4, 0.5) is 0 Å². The molecule has 1 atom stereocenters. The number of amides is 1. The highest BCUT2D eigenvalue weighted by Crippen LogP contribution is 1.93. The van der Waals surface area contributed by atoms with Crippen molar-refractivity contribution in [2.45, 2.75) is 52.5 Å². The molecule has 0 saturated heterocycles. The molecule has 0 aliphatic rings. The van der Waals surface area contributed by atoms with E-state index < -0.39 is 23.9 Å². The van der Waals surface area contributed by atoms with Crippen molar-refractivity contribution in [3.63, 3.8) is 0 Å². The Morgan fingerprint density at radius 2 is 1.57 bits per heavy atom. The minimum Gasteiger partial charge on any atom is -0.480 e. The number of carbonyl (C=O) groups excluding carboxylic acids is 3. The van der Waals surface area contributed by atoms with E-state index in [0.717, 1.165) is 0 Å². The molecule has 0 saturated carbocycles. The van der Waals surface area contributed by atoms with Gasteiger partial charge in [-0.15, -0.1) is 6.58 Å². The summed E-state index contributed by atoms with van der Waals surface area (Å²) < 4.78 is 4.27. The number of carboxylic acids is 1. The SMILES string of the molecule is C=CCC(NC(=O)CC)C(=O)O.CCC(=O)OC(=O)CC. The van der Waals surface area contributed by atoms with Crippen LogP contribution in [0.5, 0.6) is 0 Å². The van der Waals surface area contributed by atoms with Crippen molar-refractivity contribution in [3.05, 3.63) is 12.7 Å². The summed E-state index contributed by atoms with van der Waals surface area (Å²) in [5, 5.41) is 10.9. The molecule has 0 aromatic heterocycles. The lowest BCUT2D eigenvalue weighted by molar-refractivity contribution is -0.159. The summed E-state index contributed by atoms with van der Waals surface area (Å²) in [5.74, 6) is -2.20. The normalized spacial score (nSPS) is 10.4. The zero-order valence-electron chi connectivity index (χ0n) is 12.7. The summed E-state index contributed by atoms with van der Waals surface area (Å²) in [7, 11) is 0. The molecule has 0 bridgehead atoms. The maximum atomic E-state index is 10.8. The second-order valence-electron chi connectivity index (χ2n) is 3.89. The zero-order chi connectivity index (χ0) is 16.8. The van der Waals surface area contributed by atoms with E-state index in [1.165, 1.54) is 6.08 Å². The third-order valence-electron chi connectivity index (χ3n) is 2.16. The number of hydrogen-bond donors (Lipinski definition) is 2. The van der Waals surface area contributed by atoms with Crippen LogP contribution in [0.3, 0.4) is 0 Å². The second kappa shape index (κ2) is 12.8. The number of ether oxygens (including phenoxy) is 1. The molecule has 0 radical (unpaired) electrons. The number of rotatable bonds is 7. The van der Waals surface area contributed by atoms with Gasteiger partial charge in [0.05, 0.1) is 0 Å². The van der Waals surface area contributed by atoms with E-state index in [0.29, 0.717) is 6.42 Å². The molecule has 0 aliphatic heterocycles. The van der Waals surface area contributed by atoms with Gasteiger partial charge >= 0.3 is 17.9 Å². The van der Waals surface area contributed by atoms with Crippen molar-refractivity contribution < 1.29 is 29.0 Å². The van der Waals surface area contributed by atoms with Crippen LogP contribution in [0, 0.1) is 0 Å². The molecule has 1 unspecified atom stereocenters. The largest absolute Gasteiger partial charge is 0.480 e. The molecule has 0 aromatic rings. The van der Waals surface area contributed by atoms with E-state index >= 15 is 0 Å². The quantitative estimate of drug-likeness (QED) is 0.418. The standard InChI is InChI=1S/C8H13NO3.C6H10O3/c1-3-5-6(8(11)12)9-7(10)4-2;1-3-5(7)9-6(8)4-2/h3,6H,1,4-5H2,2H3,(H,9,10)(H,11,12);3-4H2,1-2H3. The van der Waals surface area contributed by atoms with Crippen LogP contribution in [0.25, 0.3) is 0 Å². The zero-order valence-corrected chi connectivity index (χ0v) is 12.7. The number of carbonyl (C=O) groups is 4. The second-order valence-corrected chi connectivity index (χ2v) is 3.89. The summed E-state index contributed by atoms with van der Waals surface area (Å²) >= 11 is 0. The van der Waals surface area contributed by atoms with Gasteiger partial charge in [0.1, 0.15) is 6.04 Å². The molecule has 7 heteroatoms. The minimum atomic E-state index is -1.03. The summed E-state index contributed by atoms with van der Waals surface area (Å²) in [5.41, 5.74) is 0. The lowest BCUT2D eigenvalue weighted by Gasteiger charge is -2.10. The Balaban J connectivity index is 0. The number of carboxylic acid groups (broad SMARTS) is 1. The first-order valence-electron chi connectivity index (χ1n) is 6.68. The van der Waals surface area contributed by atoms with Gasteiger partial charge in [-0.05, 0) is 6.42 Å². The monoisotopic (exact) mass is 301 g/mol. The van der Waals surface area contributed by atoms with Gasteiger partial charge in [-0.25, -0.2) is 4.79 Å². The van der Waals surface area contributed by atoms with Crippen molar-refractivity contribution in [1.29, 1.82) is 0 Å².